The minimum atomic E-state index is 0.227. The van der Waals surface area contributed by atoms with Gasteiger partial charge in [0.15, 0.2) is 0 Å². The van der Waals surface area contributed by atoms with Crippen molar-refractivity contribution in [2.45, 2.75) is 13.0 Å². The molecule has 1 aromatic carbocycles. The third-order valence-corrected chi connectivity index (χ3v) is 3.72. The van der Waals surface area contributed by atoms with Crippen LogP contribution in [0.5, 0.6) is 0 Å². The van der Waals surface area contributed by atoms with Gasteiger partial charge in [0.05, 0.1) is 19.8 Å². The first-order chi connectivity index (χ1) is 9.88. The first-order valence-corrected chi connectivity index (χ1v) is 7.56. The average molecular weight is 278 g/mol. The molecule has 1 N–H and O–H groups in total. The standard InChI is InChI=1S/C16H26N2O2/c19-12-9-18(15-16-5-2-1-3-6-16)8-4-7-17-10-13-20-14-11-17/h1-3,5-6,19H,4,7-15H2. The summed E-state index contributed by atoms with van der Waals surface area (Å²) in [6.07, 6.45) is 1.15. The van der Waals surface area contributed by atoms with Crippen molar-refractivity contribution in [1.29, 1.82) is 0 Å². The molecule has 1 fully saturated rings. The highest BCUT2D eigenvalue weighted by Gasteiger charge is 2.11. The molecule has 0 saturated carbocycles. The van der Waals surface area contributed by atoms with Crippen LogP contribution in [-0.4, -0.2) is 67.5 Å². The SMILES string of the molecule is OCCN(CCCN1CCOCC1)Cc1ccccc1. The Kier molecular flexibility index (Phi) is 7.01. The molecular formula is C16H26N2O2. The maximum Gasteiger partial charge on any atom is 0.0594 e. The molecule has 0 aliphatic carbocycles. The monoisotopic (exact) mass is 278 g/mol. The molecule has 0 unspecified atom stereocenters. The summed E-state index contributed by atoms with van der Waals surface area (Å²) in [7, 11) is 0. The van der Waals surface area contributed by atoms with Crippen LogP contribution in [0.1, 0.15) is 12.0 Å². The number of aliphatic hydroxyl groups excluding tert-OH is 1. The molecule has 20 heavy (non-hydrogen) atoms. The van der Waals surface area contributed by atoms with Gasteiger partial charge in [0.2, 0.25) is 0 Å². The number of benzene rings is 1. The highest BCUT2D eigenvalue weighted by molar-refractivity contribution is 5.14. The van der Waals surface area contributed by atoms with Crippen molar-refractivity contribution < 1.29 is 9.84 Å². The molecule has 1 saturated heterocycles. The summed E-state index contributed by atoms with van der Waals surface area (Å²) < 4.78 is 5.36. The van der Waals surface area contributed by atoms with Gasteiger partial charge >= 0.3 is 0 Å². The molecule has 0 radical (unpaired) electrons. The second-order valence-electron chi connectivity index (χ2n) is 5.29. The average Bonchev–Trinajstić information content (AvgIpc) is 2.49. The fraction of sp³-hybridized carbons (Fsp3) is 0.625. The molecule has 112 valence electrons. The van der Waals surface area contributed by atoms with Gasteiger partial charge in [-0.2, -0.15) is 0 Å². The van der Waals surface area contributed by atoms with Crippen LogP contribution in [0.25, 0.3) is 0 Å². The normalized spacial score (nSPS) is 16.7. The van der Waals surface area contributed by atoms with E-state index in [0.29, 0.717) is 0 Å². The number of morpholine rings is 1. The highest BCUT2D eigenvalue weighted by Crippen LogP contribution is 2.06. The van der Waals surface area contributed by atoms with Crippen molar-refractivity contribution in [2.24, 2.45) is 0 Å². The maximum absolute atomic E-state index is 9.19. The second kappa shape index (κ2) is 9.08. The summed E-state index contributed by atoms with van der Waals surface area (Å²) in [6, 6.07) is 10.5. The first kappa shape index (κ1) is 15.4. The summed E-state index contributed by atoms with van der Waals surface area (Å²) in [5.74, 6) is 0. The van der Waals surface area contributed by atoms with Crippen molar-refractivity contribution >= 4 is 0 Å². The third-order valence-electron chi connectivity index (χ3n) is 3.72. The molecule has 1 aromatic rings. The number of hydrogen-bond acceptors (Lipinski definition) is 4. The molecule has 0 amide bonds. The minimum absolute atomic E-state index is 0.227. The van der Waals surface area contributed by atoms with Gasteiger partial charge in [0.25, 0.3) is 0 Å². The predicted molar refractivity (Wildman–Crippen MR) is 80.7 cm³/mol. The number of aliphatic hydroxyl groups is 1. The van der Waals surface area contributed by atoms with E-state index in [1.807, 2.05) is 6.07 Å². The Morgan fingerprint density at radius 3 is 2.55 bits per heavy atom. The van der Waals surface area contributed by atoms with Crippen LogP contribution in [0.15, 0.2) is 30.3 Å². The first-order valence-electron chi connectivity index (χ1n) is 7.56. The van der Waals surface area contributed by atoms with Gasteiger partial charge < -0.3 is 9.84 Å². The lowest BCUT2D eigenvalue weighted by Gasteiger charge is -2.28. The zero-order valence-electron chi connectivity index (χ0n) is 12.2. The number of ether oxygens (including phenoxy) is 1. The molecule has 2 rings (SSSR count). The van der Waals surface area contributed by atoms with Crippen molar-refractivity contribution in [3.63, 3.8) is 0 Å². The lowest BCUT2D eigenvalue weighted by atomic mass is 10.2. The zero-order valence-corrected chi connectivity index (χ0v) is 12.2. The molecule has 0 atom stereocenters. The highest BCUT2D eigenvalue weighted by atomic mass is 16.5. The molecule has 0 spiro atoms. The van der Waals surface area contributed by atoms with Crippen LogP contribution < -0.4 is 0 Å². The van der Waals surface area contributed by atoms with Gasteiger partial charge in [-0.25, -0.2) is 0 Å². The van der Waals surface area contributed by atoms with E-state index in [1.165, 1.54) is 5.56 Å². The van der Waals surface area contributed by atoms with Crippen LogP contribution in [0.3, 0.4) is 0 Å². The molecule has 4 nitrogen and oxygen atoms in total. The lowest BCUT2D eigenvalue weighted by molar-refractivity contribution is 0.0357. The van der Waals surface area contributed by atoms with Gasteiger partial charge in [-0.05, 0) is 25.1 Å². The van der Waals surface area contributed by atoms with Crippen molar-refractivity contribution in [3.05, 3.63) is 35.9 Å². The number of rotatable bonds is 8. The van der Waals surface area contributed by atoms with E-state index in [-0.39, 0.29) is 6.61 Å². The Morgan fingerprint density at radius 2 is 1.85 bits per heavy atom. The van der Waals surface area contributed by atoms with Crippen molar-refractivity contribution in [1.82, 2.24) is 9.80 Å². The van der Waals surface area contributed by atoms with Crippen molar-refractivity contribution in [2.75, 3.05) is 52.5 Å². The summed E-state index contributed by atoms with van der Waals surface area (Å²) in [5, 5.41) is 9.19. The van der Waals surface area contributed by atoms with Crippen LogP contribution >= 0.6 is 0 Å². The number of hydrogen-bond donors (Lipinski definition) is 1. The van der Waals surface area contributed by atoms with Gasteiger partial charge in [0.1, 0.15) is 0 Å². The van der Waals surface area contributed by atoms with E-state index in [4.69, 9.17) is 4.74 Å². The number of nitrogens with zero attached hydrogens (tertiary/aromatic N) is 2. The summed E-state index contributed by atoms with van der Waals surface area (Å²) in [6.45, 7) is 7.89. The Labute approximate surface area is 122 Å². The Bertz CT molecular complexity index is 353. The quantitative estimate of drug-likeness (QED) is 0.775. The molecule has 0 bridgehead atoms. The molecule has 1 aliphatic rings. The minimum Gasteiger partial charge on any atom is -0.395 e. The largest absolute Gasteiger partial charge is 0.395 e. The van der Waals surface area contributed by atoms with Crippen LogP contribution in [0, 0.1) is 0 Å². The van der Waals surface area contributed by atoms with E-state index >= 15 is 0 Å². The van der Waals surface area contributed by atoms with Gasteiger partial charge in [0, 0.05) is 26.2 Å². The van der Waals surface area contributed by atoms with E-state index in [1.54, 1.807) is 0 Å². The topological polar surface area (TPSA) is 35.9 Å². The lowest BCUT2D eigenvalue weighted by Crippen LogP contribution is -2.38. The summed E-state index contributed by atoms with van der Waals surface area (Å²) >= 11 is 0. The zero-order chi connectivity index (χ0) is 14.0. The second-order valence-corrected chi connectivity index (χ2v) is 5.29. The Hall–Kier alpha value is -0.940. The molecule has 1 aliphatic heterocycles. The smallest absolute Gasteiger partial charge is 0.0594 e. The Balaban J connectivity index is 1.71. The Morgan fingerprint density at radius 1 is 1.10 bits per heavy atom. The predicted octanol–water partition coefficient (Wildman–Crippen LogP) is 1.20. The van der Waals surface area contributed by atoms with E-state index in [9.17, 15) is 5.11 Å². The molecular weight excluding hydrogens is 252 g/mol. The van der Waals surface area contributed by atoms with Gasteiger partial charge in [-0.15, -0.1) is 0 Å². The maximum atomic E-state index is 9.19. The molecule has 0 aromatic heterocycles. The fourth-order valence-corrected chi connectivity index (χ4v) is 2.60. The van der Waals surface area contributed by atoms with Gasteiger partial charge in [-0.3, -0.25) is 9.80 Å². The van der Waals surface area contributed by atoms with Crippen LogP contribution in [0.2, 0.25) is 0 Å². The molecule has 4 heteroatoms. The van der Waals surface area contributed by atoms with Gasteiger partial charge in [-0.1, -0.05) is 30.3 Å². The van der Waals surface area contributed by atoms with Crippen LogP contribution in [0.4, 0.5) is 0 Å². The van der Waals surface area contributed by atoms with E-state index < -0.39 is 0 Å². The summed E-state index contributed by atoms with van der Waals surface area (Å²) in [5.41, 5.74) is 1.31. The summed E-state index contributed by atoms with van der Waals surface area (Å²) in [4.78, 5) is 4.79. The van der Waals surface area contributed by atoms with Crippen molar-refractivity contribution in [3.8, 4) is 0 Å². The molecule has 1 heterocycles. The fourth-order valence-electron chi connectivity index (χ4n) is 2.60. The van der Waals surface area contributed by atoms with E-state index in [2.05, 4.69) is 34.1 Å². The third kappa shape index (κ3) is 5.59. The van der Waals surface area contributed by atoms with Crippen LogP contribution in [-0.2, 0) is 11.3 Å². The van der Waals surface area contributed by atoms with E-state index in [0.717, 1.165) is 58.9 Å².